The highest BCUT2D eigenvalue weighted by molar-refractivity contribution is 6.48. The van der Waals surface area contributed by atoms with Gasteiger partial charge in [0.1, 0.15) is 0 Å². The van der Waals surface area contributed by atoms with Crippen LogP contribution in [0.15, 0.2) is 77.8 Å². The van der Waals surface area contributed by atoms with Gasteiger partial charge in [0.2, 0.25) is 0 Å². The van der Waals surface area contributed by atoms with Crippen molar-refractivity contribution in [1.82, 2.24) is 0 Å². The molecule has 1 aliphatic carbocycles. The Labute approximate surface area is 175 Å². The Morgan fingerprint density at radius 3 is 2.16 bits per heavy atom. The van der Waals surface area contributed by atoms with Crippen molar-refractivity contribution < 1.29 is 27.9 Å². The minimum absolute atomic E-state index is 0.0815. The van der Waals surface area contributed by atoms with Crippen LogP contribution >= 0.6 is 0 Å². The van der Waals surface area contributed by atoms with E-state index in [1.165, 1.54) is 30.3 Å². The second kappa shape index (κ2) is 7.68. The molecule has 0 aliphatic heterocycles. The maximum atomic E-state index is 13.3. The monoisotopic (exact) mass is 421 g/mol. The second-order valence-electron chi connectivity index (χ2n) is 6.84. The molecule has 0 atom stereocenters. The van der Waals surface area contributed by atoms with Crippen LogP contribution in [0.4, 0.5) is 18.9 Å². The summed E-state index contributed by atoms with van der Waals surface area (Å²) in [6.45, 7) is 0. The summed E-state index contributed by atoms with van der Waals surface area (Å²) >= 11 is 0. The SMILES string of the molecule is O=CC1=C(c2ccccc2)/C(=N/c2ccc(C(=O)O)cc2)c2ccc(C(F)(F)F)cc21. The number of hydrogen-bond donors (Lipinski definition) is 1. The first kappa shape index (κ1) is 20.3. The van der Waals surface area contributed by atoms with Crippen LogP contribution in [0, 0.1) is 0 Å². The maximum Gasteiger partial charge on any atom is 0.416 e. The van der Waals surface area contributed by atoms with E-state index in [0.717, 1.165) is 12.1 Å². The highest BCUT2D eigenvalue weighted by Crippen LogP contribution is 2.41. The molecule has 0 saturated carbocycles. The van der Waals surface area contributed by atoms with Crippen molar-refractivity contribution in [2.24, 2.45) is 4.99 Å². The summed E-state index contributed by atoms with van der Waals surface area (Å²) in [6, 6.07) is 17.8. The number of hydrogen-bond acceptors (Lipinski definition) is 3. The maximum absolute atomic E-state index is 13.3. The summed E-state index contributed by atoms with van der Waals surface area (Å²) < 4.78 is 39.8. The van der Waals surface area contributed by atoms with Gasteiger partial charge in [-0.1, -0.05) is 36.4 Å². The van der Waals surface area contributed by atoms with Gasteiger partial charge in [-0.2, -0.15) is 13.2 Å². The van der Waals surface area contributed by atoms with Gasteiger partial charge in [0.05, 0.1) is 22.5 Å². The molecule has 0 saturated heterocycles. The average Bonchev–Trinajstić information content (AvgIpc) is 3.06. The van der Waals surface area contributed by atoms with E-state index >= 15 is 0 Å². The Bertz CT molecular complexity index is 1240. The Hall–Kier alpha value is -4.00. The van der Waals surface area contributed by atoms with Crippen molar-refractivity contribution in [1.29, 1.82) is 0 Å². The lowest BCUT2D eigenvalue weighted by molar-refractivity contribution is -0.137. The van der Waals surface area contributed by atoms with E-state index in [0.29, 0.717) is 34.4 Å². The molecule has 0 bridgehead atoms. The molecule has 1 aliphatic rings. The van der Waals surface area contributed by atoms with Crippen molar-refractivity contribution in [3.05, 3.63) is 101 Å². The van der Waals surface area contributed by atoms with Crippen molar-refractivity contribution in [2.75, 3.05) is 0 Å². The van der Waals surface area contributed by atoms with Gasteiger partial charge >= 0.3 is 12.1 Å². The second-order valence-corrected chi connectivity index (χ2v) is 6.84. The molecule has 154 valence electrons. The molecule has 4 rings (SSSR count). The molecule has 0 radical (unpaired) electrons. The number of aromatic carboxylic acids is 1. The minimum Gasteiger partial charge on any atom is -0.478 e. The van der Waals surface area contributed by atoms with E-state index in [1.807, 2.05) is 0 Å². The van der Waals surface area contributed by atoms with Crippen LogP contribution in [0.5, 0.6) is 0 Å². The first-order valence-corrected chi connectivity index (χ1v) is 9.19. The number of alkyl halides is 3. The van der Waals surface area contributed by atoms with Crippen LogP contribution in [-0.2, 0) is 11.0 Å². The third-order valence-corrected chi connectivity index (χ3v) is 4.93. The standard InChI is InChI=1S/C24H14F3NO3/c25-24(26,27)16-8-11-18-19(12-16)20(13-29)21(14-4-2-1-3-5-14)22(18)28-17-9-6-15(7-10-17)23(30)31/h1-13H,(H,30,31)/b28-22+. The molecule has 3 aromatic rings. The highest BCUT2D eigenvalue weighted by Gasteiger charge is 2.35. The summed E-state index contributed by atoms with van der Waals surface area (Å²) in [7, 11) is 0. The third kappa shape index (κ3) is 3.77. The number of carboxylic acid groups (broad SMARTS) is 1. The van der Waals surface area contributed by atoms with Gasteiger partial charge in [-0.3, -0.25) is 4.79 Å². The van der Waals surface area contributed by atoms with E-state index in [2.05, 4.69) is 4.99 Å². The van der Waals surface area contributed by atoms with Crippen LogP contribution in [0.1, 0.15) is 32.6 Å². The van der Waals surface area contributed by atoms with Crippen molar-refractivity contribution in [3.8, 4) is 0 Å². The van der Waals surface area contributed by atoms with Gasteiger partial charge in [0.25, 0.3) is 0 Å². The summed E-state index contributed by atoms with van der Waals surface area (Å²) in [5.41, 5.74) is 1.71. The first-order chi connectivity index (χ1) is 14.8. The van der Waals surface area contributed by atoms with E-state index < -0.39 is 17.7 Å². The Morgan fingerprint density at radius 2 is 1.58 bits per heavy atom. The quantitative estimate of drug-likeness (QED) is 0.554. The zero-order valence-electron chi connectivity index (χ0n) is 15.9. The van der Waals surface area contributed by atoms with E-state index in [4.69, 9.17) is 5.11 Å². The van der Waals surface area contributed by atoms with Crippen LogP contribution in [0.3, 0.4) is 0 Å². The smallest absolute Gasteiger partial charge is 0.416 e. The van der Waals surface area contributed by atoms with Gasteiger partial charge < -0.3 is 5.11 Å². The minimum atomic E-state index is -4.55. The summed E-state index contributed by atoms with van der Waals surface area (Å²) in [6.07, 6.45) is -4.01. The number of rotatable bonds is 4. The predicted molar refractivity (Wildman–Crippen MR) is 110 cm³/mol. The van der Waals surface area contributed by atoms with Crippen molar-refractivity contribution >= 4 is 34.8 Å². The lowest BCUT2D eigenvalue weighted by atomic mass is 9.99. The zero-order chi connectivity index (χ0) is 22.2. The van der Waals surface area contributed by atoms with Crippen molar-refractivity contribution in [2.45, 2.75) is 6.18 Å². The van der Waals surface area contributed by atoms with Gasteiger partial charge in [0, 0.05) is 16.7 Å². The van der Waals surface area contributed by atoms with Crippen LogP contribution in [0.2, 0.25) is 0 Å². The number of fused-ring (bicyclic) bond motifs is 1. The fraction of sp³-hybridized carbons (Fsp3) is 0.0417. The number of carbonyl (C=O) groups excluding carboxylic acids is 1. The molecule has 31 heavy (non-hydrogen) atoms. The number of halogens is 3. The normalized spacial score (nSPS) is 14.6. The third-order valence-electron chi connectivity index (χ3n) is 4.93. The molecule has 7 heteroatoms. The van der Waals surface area contributed by atoms with E-state index in [9.17, 15) is 22.8 Å². The number of aldehydes is 1. The number of aliphatic imine (C=N–C) groups is 1. The highest BCUT2D eigenvalue weighted by atomic mass is 19.4. The number of carboxylic acids is 1. The van der Waals surface area contributed by atoms with Crippen LogP contribution in [-0.4, -0.2) is 23.1 Å². The fourth-order valence-electron chi connectivity index (χ4n) is 3.49. The molecule has 4 nitrogen and oxygen atoms in total. The lowest BCUT2D eigenvalue weighted by Crippen LogP contribution is -2.06. The van der Waals surface area contributed by atoms with Crippen LogP contribution in [0.25, 0.3) is 11.1 Å². The molecule has 0 unspecified atom stereocenters. The van der Waals surface area contributed by atoms with Gasteiger partial charge in [0.15, 0.2) is 6.29 Å². The van der Waals surface area contributed by atoms with E-state index in [1.54, 1.807) is 30.3 Å². The summed E-state index contributed by atoms with van der Waals surface area (Å²) in [5.74, 6) is -1.08. The Kier molecular flexibility index (Phi) is 5.02. The summed E-state index contributed by atoms with van der Waals surface area (Å²) in [5, 5.41) is 9.07. The fourth-order valence-corrected chi connectivity index (χ4v) is 3.49. The number of nitrogens with zero attached hydrogens (tertiary/aromatic N) is 1. The molecular weight excluding hydrogens is 407 g/mol. The Morgan fingerprint density at radius 1 is 0.903 bits per heavy atom. The number of benzene rings is 3. The van der Waals surface area contributed by atoms with Gasteiger partial charge in [-0.25, -0.2) is 9.79 Å². The Balaban J connectivity index is 1.95. The molecule has 3 aromatic carbocycles. The molecule has 0 aromatic heterocycles. The molecule has 1 N–H and O–H groups in total. The molecule has 0 fully saturated rings. The molecule has 0 amide bonds. The summed E-state index contributed by atoms with van der Waals surface area (Å²) in [4.78, 5) is 27.6. The largest absolute Gasteiger partial charge is 0.478 e. The van der Waals surface area contributed by atoms with Crippen LogP contribution < -0.4 is 0 Å². The number of carbonyl (C=O) groups is 2. The van der Waals surface area contributed by atoms with Gasteiger partial charge in [-0.15, -0.1) is 0 Å². The first-order valence-electron chi connectivity index (χ1n) is 9.19. The van der Waals surface area contributed by atoms with E-state index in [-0.39, 0.29) is 16.7 Å². The van der Waals surface area contributed by atoms with Gasteiger partial charge in [-0.05, 0) is 47.5 Å². The lowest BCUT2D eigenvalue weighted by Gasteiger charge is -2.10. The molecule has 0 spiro atoms. The zero-order valence-corrected chi connectivity index (χ0v) is 15.9. The molecule has 0 heterocycles. The topological polar surface area (TPSA) is 66.7 Å². The molecular formula is C24H14F3NO3. The number of allylic oxidation sites excluding steroid dienone is 2. The van der Waals surface area contributed by atoms with Crippen molar-refractivity contribution in [3.63, 3.8) is 0 Å². The predicted octanol–water partition coefficient (Wildman–Crippen LogP) is 5.65. The average molecular weight is 421 g/mol.